The van der Waals surface area contributed by atoms with E-state index in [1.807, 2.05) is 24.3 Å². The lowest BCUT2D eigenvalue weighted by molar-refractivity contribution is -0.146. The van der Waals surface area contributed by atoms with Crippen LogP contribution in [-0.2, 0) is 16.1 Å². The molecular formula is C28H32N2O5. The summed E-state index contributed by atoms with van der Waals surface area (Å²) in [5, 5.41) is 6.06. The van der Waals surface area contributed by atoms with Gasteiger partial charge in [-0.3, -0.25) is 9.59 Å². The first kappa shape index (κ1) is 23.4. The highest BCUT2D eigenvalue weighted by molar-refractivity contribution is 6.04. The first-order valence-corrected chi connectivity index (χ1v) is 12.6. The van der Waals surface area contributed by atoms with Crippen molar-refractivity contribution in [2.75, 3.05) is 11.9 Å². The second-order valence-electron chi connectivity index (χ2n) is 10.3. The Balaban J connectivity index is 1.12. The van der Waals surface area contributed by atoms with Crippen molar-refractivity contribution in [3.63, 3.8) is 0 Å². The van der Waals surface area contributed by atoms with E-state index in [9.17, 15) is 14.4 Å². The van der Waals surface area contributed by atoms with E-state index in [0.29, 0.717) is 23.5 Å². The van der Waals surface area contributed by atoms with E-state index in [1.165, 1.54) is 19.3 Å². The second-order valence-corrected chi connectivity index (χ2v) is 10.3. The minimum atomic E-state index is -0.779. The molecule has 0 spiro atoms. The summed E-state index contributed by atoms with van der Waals surface area (Å²) in [4.78, 5) is 37.1. The van der Waals surface area contributed by atoms with Crippen molar-refractivity contribution in [1.82, 2.24) is 5.32 Å². The molecule has 7 heteroatoms. The second kappa shape index (κ2) is 9.72. The smallest absolute Gasteiger partial charge is 0.434 e. The lowest BCUT2D eigenvalue weighted by Crippen LogP contribution is -2.53. The molecule has 0 aromatic heterocycles. The van der Waals surface area contributed by atoms with Crippen LogP contribution in [0.15, 0.2) is 48.5 Å². The van der Waals surface area contributed by atoms with E-state index in [4.69, 9.17) is 9.47 Å². The Hall–Kier alpha value is -3.35. The first-order valence-electron chi connectivity index (χ1n) is 12.6. The summed E-state index contributed by atoms with van der Waals surface area (Å²) in [7, 11) is 0. The van der Waals surface area contributed by atoms with Crippen molar-refractivity contribution >= 4 is 23.7 Å². The van der Waals surface area contributed by atoms with Crippen LogP contribution in [0.5, 0.6) is 5.75 Å². The highest BCUT2D eigenvalue weighted by Gasteiger charge is 2.54. The number of hydrogen-bond donors (Lipinski definition) is 2. The van der Waals surface area contributed by atoms with E-state index in [1.54, 1.807) is 31.2 Å². The Bertz CT molecular complexity index is 1060. The number of rotatable bonds is 7. The monoisotopic (exact) mass is 476 g/mol. The van der Waals surface area contributed by atoms with E-state index in [2.05, 4.69) is 10.6 Å². The first-order chi connectivity index (χ1) is 16.9. The SMILES string of the molecule is CCOC(=O)Oc1ccc(C(=O)Nc2ccc(CNC(=O)C34CC5CC(CC(C5)C3)C4)cc2)cc1. The summed E-state index contributed by atoms with van der Waals surface area (Å²) in [6.07, 6.45) is 6.38. The summed E-state index contributed by atoms with van der Waals surface area (Å²) >= 11 is 0. The summed E-state index contributed by atoms with van der Waals surface area (Å²) in [5.74, 6) is 2.50. The molecule has 2 aromatic carbocycles. The molecule has 35 heavy (non-hydrogen) atoms. The molecule has 184 valence electrons. The third kappa shape index (κ3) is 5.19. The van der Waals surface area contributed by atoms with Gasteiger partial charge >= 0.3 is 6.16 Å². The molecule has 0 heterocycles. The zero-order valence-electron chi connectivity index (χ0n) is 20.0. The number of anilines is 1. The van der Waals surface area contributed by atoms with Crippen molar-refractivity contribution in [1.29, 1.82) is 0 Å². The number of amides is 2. The van der Waals surface area contributed by atoms with Gasteiger partial charge in [0, 0.05) is 23.2 Å². The van der Waals surface area contributed by atoms with Gasteiger partial charge in [0.25, 0.3) is 5.91 Å². The van der Waals surface area contributed by atoms with Gasteiger partial charge in [0.15, 0.2) is 0 Å². The molecular weight excluding hydrogens is 444 g/mol. The third-order valence-electron chi connectivity index (χ3n) is 7.76. The normalized spacial score (nSPS) is 26.1. The van der Waals surface area contributed by atoms with Crippen LogP contribution in [0.4, 0.5) is 10.5 Å². The van der Waals surface area contributed by atoms with Crippen LogP contribution in [0.25, 0.3) is 0 Å². The third-order valence-corrected chi connectivity index (χ3v) is 7.76. The summed E-state index contributed by atoms with van der Waals surface area (Å²) < 4.78 is 9.74. The predicted octanol–water partition coefficient (Wildman–Crippen LogP) is 5.31. The van der Waals surface area contributed by atoms with Crippen molar-refractivity contribution in [2.45, 2.75) is 52.0 Å². The van der Waals surface area contributed by atoms with Crippen molar-refractivity contribution in [3.05, 3.63) is 59.7 Å². The Labute approximate surface area is 205 Å². The van der Waals surface area contributed by atoms with Gasteiger partial charge in [0.05, 0.1) is 6.61 Å². The average Bonchev–Trinajstić information content (AvgIpc) is 2.83. The Morgan fingerprint density at radius 1 is 0.886 bits per heavy atom. The molecule has 2 aromatic rings. The standard InChI is InChI=1S/C28H32N2O5/c1-2-34-27(33)35-24-9-5-22(6-10-24)25(31)30-23-7-3-18(4-8-23)17-29-26(32)28-14-19-11-20(15-28)13-21(12-19)16-28/h3-10,19-21H,2,11-17H2,1H3,(H,29,32)(H,30,31). The number of carbonyl (C=O) groups is 3. The number of benzene rings is 2. The van der Waals surface area contributed by atoms with Crippen molar-refractivity contribution in [2.24, 2.45) is 23.2 Å². The van der Waals surface area contributed by atoms with Gasteiger partial charge in [-0.15, -0.1) is 0 Å². The molecule has 4 saturated carbocycles. The van der Waals surface area contributed by atoms with Crippen LogP contribution < -0.4 is 15.4 Å². The van der Waals surface area contributed by atoms with Gasteiger partial charge in [-0.25, -0.2) is 4.79 Å². The molecule has 4 bridgehead atoms. The van der Waals surface area contributed by atoms with Crippen LogP contribution in [0.1, 0.15) is 61.4 Å². The molecule has 4 fully saturated rings. The highest BCUT2D eigenvalue weighted by Crippen LogP contribution is 2.60. The Morgan fingerprint density at radius 3 is 2.06 bits per heavy atom. The zero-order valence-corrected chi connectivity index (χ0v) is 20.0. The minimum absolute atomic E-state index is 0.139. The number of nitrogens with one attached hydrogen (secondary N) is 2. The molecule has 0 saturated heterocycles. The fourth-order valence-corrected chi connectivity index (χ4v) is 6.59. The maximum atomic E-state index is 13.2. The molecule has 0 radical (unpaired) electrons. The van der Waals surface area contributed by atoms with Gasteiger partial charge in [-0.1, -0.05) is 12.1 Å². The fraction of sp³-hybridized carbons (Fsp3) is 0.464. The van der Waals surface area contributed by atoms with Crippen LogP contribution in [0, 0.1) is 23.2 Å². The fourth-order valence-electron chi connectivity index (χ4n) is 6.59. The van der Waals surface area contributed by atoms with E-state index in [-0.39, 0.29) is 23.8 Å². The van der Waals surface area contributed by atoms with Crippen molar-refractivity contribution < 1.29 is 23.9 Å². The predicted molar refractivity (Wildman–Crippen MR) is 131 cm³/mol. The van der Waals surface area contributed by atoms with Gasteiger partial charge in [-0.05, 0) is 105 Å². The van der Waals surface area contributed by atoms with Crippen LogP contribution in [-0.4, -0.2) is 24.6 Å². The van der Waals surface area contributed by atoms with Crippen LogP contribution in [0.3, 0.4) is 0 Å². The number of ether oxygens (including phenoxy) is 2. The molecule has 4 aliphatic carbocycles. The molecule has 4 aliphatic rings. The molecule has 2 amide bonds. The number of hydrogen-bond acceptors (Lipinski definition) is 5. The zero-order chi connectivity index (χ0) is 24.4. The number of carbonyl (C=O) groups excluding carboxylic acids is 3. The largest absolute Gasteiger partial charge is 0.513 e. The van der Waals surface area contributed by atoms with Gasteiger partial charge < -0.3 is 20.1 Å². The molecule has 0 aliphatic heterocycles. The summed E-state index contributed by atoms with van der Waals surface area (Å²) in [6.45, 7) is 2.42. The van der Waals surface area contributed by atoms with Crippen LogP contribution >= 0.6 is 0 Å². The lowest BCUT2D eigenvalue weighted by atomic mass is 9.49. The maximum Gasteiger partial charge on any atom is 0.513 e. The van der Waals surface area contributed by atoms with Gasteiger partial charge in [-0.2, -0.15) is 0 Å². The van der Waals surface area contributed by atoms with E-state index in [0.717, 1.165) is 42.6 Å². The summed E-state index contributed by atoms with van der Waals surface area (Å²) in [6, 6.07) is 13.8. The minimum Gasteiger partial charge on any atom is -0.434 e. The van der Waals surface area contributed by atoms with Gasteiger partial charge in [0.2, 0.25) is 5.91 Å². The van der Waals surface area contributed by atoms with E-state index >= 15 is 0 Å². The van der Waals surface area contributed by atoms with Crippen LogP contribution in [0.2, 0.25) is 0 Å². The molecule has 6 rings (SSSR count). The topological polar surface area (TPSA) is 93.7 Å². The summed E-state index contributed by atoms with van der Waals surface area (Å²) in [5.41, 5.74) is 1.97. The molecule has 2 N–H and O–H groups in total. The molecule has 7 nitrogen and oxygen atoms in total. The molecule has 0 atom stereocenters. The van der Waals surface area contributed by atoms with Crippen molar-refractivity contribution in [3.8, 4) is 5.75 Å². The van der Waals surface area contributed by atoms with E-state index < -0.39 is 6.16 Å². The Morgan fingerprint density at radius 2 is 1.49 bits per heavy atom. The van der Waals surface area contributed by atoms with Gasteiger partial charge in [0.1, 0.15) is 5.75 Å². The Kier molecular flexibility index (Phi) is 6.50. The average molecular weight is 477 g/mol. The molecule has 0 unspecified atom stereocenters. The highest BCUT2D eigenvalue weighted by atomic mass is 16.7. The quantitative estimate of drug-likeness (QED) is 0.417. The lowest BCUT2D eigenvalue weighted by Gasteiger charge is -2.55. The maximum absolute atomic E-state index is 13.2.